The minimum Gasteiger partial charge on any atom is -0.195 e. The van der Waals surface area contributed by atoms with Gasteiger partial charge in [-0.25, -0.2) is 0 Å². The molecule has 0 aliphatic rings. The lowest BCUT2D eigenvalue weighted by Crippen LogP contribution is -2.69. The van der Waals surface area contributed by atoms with Crippen LogP contribution in [0.2, 0.25) is 0 Å². The van der Waals surface area contributed by atoms with Crippen LogP contribution < -0.4 is 0 Å². The summed E-state index contributed by atoms with van der Waals surface area (Å²) in [5.41, 5.74) is -2.15. The summed E-state index contributed by atoms with van der Waals surface area (Å²) in [5.74, 6) is -37.7. The molecule has 0 saturated heterocycles. The average Bonchev–Trinajstić information content (AvgIpc) is 2.58. The van der Waals surface area contributed by atoms with Crippen molar-refractivity contribution in [1.29, 1.82) is 0 Å². The molecule has 0 N–H and O–H groups in total. The Morgan fingerprint density at radius 2 is 0.871 bits per heavy atom. The van der Waals surface area contributed by atoms with Gasteiger partial charge in [-0.2, -0.15) is 70.2 Å². The molecular weight excluding hydrogens is 484 g/mol. The zero-order valence-electron chi connectivity index (χ0n) is 14.0. The fourth-order valence-corrected chi connectivity index (χ4v) is 1.87. The Labute approximate surface area is 161 Å². The summed E-state index contributed by atoms with van der Waals surface area (Å²) in [6.07, 6.45) is -14.0. The number of hydrogen-bond acceptors (Lipinski definition) is 0. The van der Waals surface area contributed by atoms with Gasteiger partial charge in [0.1, 0.15) is 0 Å². The van der Waals surface area contributed by atoms with Gasteiger partial charge in [0, 0.05) is 0 Å². The second kappa shape index (κ2) is 7.46. The van der Waals surface area contributed by atoms with E-state index in [0.717, 1.165) is 0 Å². The summed E-state index contributed by atoms with van der Waals surface area (Å²) in [4.78, 5) is 0. The van der Waals surface area contributed by atoms with Crippen LogP contribution in [-0.2, 0) is 6.18 Å². The van der Waals surface area contributed by atoms with Gasteiger partial charge in [0.15, 0.2) is 0 Å². The lowest BCUT2D eigenvalue weighted by molar-refractivity contribution is -0.436. The maximum atomic E-state index is 13.5. The van der Waals surface area contributed by atoms with Gasteiger partial charge in [-0.15, -0.1) is 0 Å². The Bertz CT molecular complexity index is 794. The van der Waals surface area contributed by atoms with Crippen molar-refractivity contribution in [1.82, 2.24) is 0 Å². The predicted molar refractivity (Wildman–Crippen MR) is 71.3 cm³/mol. The molecule has 0 aromatic heterocycles. The molecule has 0 bridgehead atoms. The largest absolute Gasteiger partial charge is 0.460 e. The summed E-state index contributed by atoms with van der Waals surface area (Å²) in [5, 5.41) is 0. The third-order valence-electron chi connectivity index (χ3n) is 3.68. The van der Waals surface area contributed by atoms with E-state index in [4.69, 9.17) is 0 Å². The first-order valence-corrected chi connectivity index (χ1v) is 7.26. The van der Waals surface area contributed by atoms with Gasteiger partial charge in [-0.3, -0.25) is 0 Å². The van der Waals surface area contributed by atoms with Crippen molar-refractivity contribution in [3.05, 3.63) is 41.5 Å². The van der Waals surface area contributed by atoms with Crippen molar-refractivity contribution in [2.24, 2.45) is 0 Å². The Hall–Kier alpha value is -2.16. The van der Waals surface area contributed by atoms with E-state index in [1.165, 1.54) is 0 Å². The molecule has 0 fully saturated rings. The third kappa shape index (κ3) is 4.42. The lowest BCUT2D eigenvalue weighted by Gasteiger charge is -2.39. The van der Waals surface area contributed by atoms with Crippen LogP contribution in [0.4, 0.5) is 70.2 Å². The molecule has 0 aliphatic heterocycles. The van der Waals surface area contributed by atoms with E-state index >= 15 is 0 Å². The molecule has 0 saturated carbocycles. The second-order valence-corrected chi connectivity index (χ2v) is 5.87. The van der Waals surface area contributed by atoms with Gasteiger partial charge in [0.25, 0.3) is 0 Å². The zero-order chi connectivity index (χ0) is 24.9. The van der Waals surface area contributed by atoms with Gasteiger partial charge in [0.2, 0.25) is 0 Å². The van der Waals surface area contributed by atoms with Crippen molar-refractivity contribution in [3.63, 3.8) is 0 Å². The van der Waals surface area contributed by atoms with Gasteiger partial charge < -0.3 is 0 Å². The molecule has 1 aromatic carbocycles. The van der Waals surface area contributed by atoms with E-state index in [9.17, 15) is 70.2 Å². The van der Waals surface area contributed by atoms with Crippen LogP contribution in [0.1, 0.15) is 11.1 Å². The van der Waals surface area contributed by atoms with Gasteiger partial charge in [-0.1, -0.05) is 18.2 Å². The molecule has 0 aliphatic carbocycles. The highest BCUT2D eigenvalue weighted by atomic mass is 19.4. The number of rotatable bonds is 6. The molecular formula is C15H6F16. The van der Waals surface area contributed by atoms with E-state index in [1.807, 2.05) is 0 Å². The van der Waals surface area contributed by atoms with Gasteiger partial charge in [0.05, 0.1) is 5.56 Å². The Morgan fingerprint density at radius 3 is 1.23 bits per heavy atom. The number of benzene rings is 1. The maximum Gasteiger partial charge on any atom is 0.460 e. The van der Waals surface area contributed by atoms with Crippen LogP contribution in [0.5, 0.6) is 0 Å². The fourth-order valence-electron chi connectivity index (χ4n) is 1.87. The van der Waals surface area contributed by atoms with E-state index in [-0.39, 0.29) is 18.2 Å². The van der Waals surface area contributed by atoms with Crippen molar-refractivity contribution in [2.45, 2.75) is 42.0 Å². The molecule has 1 aromatic rings. The van der Waals surface area contributed by atoms with Gasteiger partial charge in [-0.05, 0) is 23.8 Å². The highest BCUT2D eigenvalue weighted by Gasteiger charge is 2.90. The normalized spacial score (nSPS) is 15.6. The number of allylic oxidation sites excluding steroid dienone is 1. The SMILES string of the molecule is FC(F)(F)c1ccc(/C=C/C(F)(F)C(F)(F)C(F)(F)C(F)(F)C(F)(F)C(F)(F)F)cc1. The molecule has 0 nitrogen and oxygen atoms in total. The van der Waals surface area contributed by atoms with Crippen LogP contribution in [0.15, 0.2) is 30.3 Å². The van der Waals surface area contributed by atoms with Crippen LogP contribution in [-0.4, -0.2) is 35.8 Å². The number of alkyl halides is 16. The first-order valence-electron chi connectivity index (χ1n) is 7.26. The summed E-state index contributed by atoms with van der Waals surface area (Å²) in [6.45, 7) is 0. The lowest BCUT2D eigenvalue weighted by atomic mass is 9.93. The highest BCUT2D eigenvalue weighted by Crippen LogP contribution is 2.60. The molecule has 0 spiro atoms. The maximum absolute atomic E-state index is 13.5. The molecule has 0 heterocycles. The smallest absolute Gasteiger partial charge is 0.195 e. The zero-order valence-corrected chi connectivity index (χ0v) is 14.0. The van der Waals surface area contributed by atoms with E-state index < -0.39 is 59.2 Å². The average molecular weight is 490 g/mol. The van der Waals surface area contributed by atoms with Crippen molar-refractivity contribution >= 4 is 6.08 Å². The van der Waals surface area contributed by atoms with Crippen LogP contribution in [0, 0.1) is 0 Å². The molecule has 178 valence electrons. The minimum absolute atomic E-state index is 0.225. The summed E-state index contributed by atoms with van der Waals surface area (Å²) < 4.78 is 205. The topological polar surface area (TPSA) is 0 Å². The fraction of sp³-hybridized carbons (Fsp3) is 0.467. The first kappa shape index (κ1) is 26.9. The van der Waals surface area contributed by atoms with Crippen LogP contribution in [0.3, 0.4) is 0 Å². The predicted octanol–water partition coefficient (Wildman–Crippen LogP) is 7.46. The molecule has 0 radical (unpaired) electrons. The molecule has 0 unspecified atom stereocenters. The van der Waals surface area contributed by atoms with Crippen LogP contribution in [0.25, 0.3) is 6.08 Å². The minimum atomic E-state index is -8.02. The van der Waals surface area contributed by atoms with Gasteiger partial charge >= 0.3 is 42.0 Å². The van der Waals surface area contributed by atoms with Crippen molar-refractivity contribution in [3.8, 4) is 0 Å². The van der Waals surface area contributed by atoms with Crippen LogP contribution >= 0.6 is 0 Å². The summed E-state index contributed by atoms with van der Waals surface area (Å²) >= 11 is 0. The second-order valence-electron chi connectivity index (χ2n) is 5.87. The van der Waals surface area contributed by atoms with E-state index in [1.54, 1.807) is 0 Å². The number of hydrogen-bond donors (Lipinski definition) is 0. The molecule has 0 amide bonds. The highest BCUT2D eigenvalue weighted by molar-refractivity contribution is 5.51. The standard InChI is InChI=1S/C15H6F16/c16-9(17,6-5-7-1-3-8(4-2-7)10(18,19)20)11(21,22)12(23,24)13(25,26)14(27,28)15(29,30)31/h1-6H/b6-5+. The third-order valence-corrected chi connectivity index (χ3v) is 3.68. The first-order chi connectivity index (χ1) is 13.4. The Balaban J connectivity index is 3.35. The Morgan fingerprint density at radius 1 is 0.484 bits per heavy atom. The summed E-state index contributed by atoms with van der Waals surface area (Å²) in [7, 11) is 0. The molecule has 16 heteroatoms. The number of halogens is 16. The van der Waals surface area contributed by atoms with E-state index in [2.05, 4.69) is 0 Å². The molecule has 0 atom stereocenters. The van der Waals surface area contributed by atoms with Crippen molar-refractivity contribution < 1.29 is 70.2 Å². The Kier molecular flexibility index (Phi) is 6.47. The quantitative estimate of drug-likeness (QED) is 0.364. The summed E-state index contributed by atoms with van der Waals surface area (Å²) in [6, 6.07) is 1.17. The molecule has 1 rings (SSSR count). The van der Waals surface area contributed by atoms with E-state index in [0.29, 0.717) is 12.1 Å². The molecule has 31 heavy (non-hydrogen) atoms. The van der Waals surface area contributed by atoms with Crippen molar-refractivity contribution in [2.75, 3.05) is 0 Å². The monoisotopic (exact) mass is 490 g/mol.